The van der Waals surface area contributed by atoms with Crippen molar-refractivity contribution < 1.29 is 9.90 Å². The van der Waals surface area contributed by atoms with Gasteiger partial charge in [0.1, 0.15) is 0 Å². The molecule has 1 unspecified atom stereocenters. The SMILES string of the molecule is CC(Cc1cc2cncc(-c3ccc(C#N)c4ccccc34)c2s1)C(=O)O. The maximum Gasteiger partial charge on any atom is 0.306 e. The van der Waals surface area contributed by atoms with E-state index in [1.807, 2.05) is 54.9 Å². The van der Waals surface area contributed by atoms with Crippen LogP contribution in [0.2, 0.25) is 0 Å². The summed E-state index contributed by atoms with van der Waals surface area (Å²) in [5.41, 5.74) is 2.69. The fraction of sp³-hybridized carbons (Fsp3) is 0.136. The summed E-state index contributed by atoms with van der Waals surface area (Å²) >= 11 is 1.61. The van der Waals surface area contributed by atoms with Gasteiger partial charge < -0.3 is 5.11 Å². The third-order valence-corrected chi connectivity index (χ3v) is 5.94. The van der Waals surface area contributed by atoms with Crippen molar-refractivity contribution in [2.24, 2.45) is 5.92 Å². The molecule has 0 aliphatic rings. The van der Waals surface area contributed by atoms with Crippen LogP contribution >= 0.6 is 11.3 Å². The van der Waals surface area contributed by atoms with Crippen molar-refractivity contribution in [2.45, 2.75) is 13.3 Å². The average molecular weight is 372 g/mol. The summed E-state index contributed by atoms with van der Waals surface area (Å²) in [6.45, 7) is 1.72. The first kappa shape index (κ1) is 17.2. The summed E-state index contributed by atoms with van der Waals surface area (Å²) in [6, 6.07) is 16.0. The number of hydrogen-bond donors (Lipinski definition) is 1. The standard InChI is InChI=1S/C22H16N2O2S/c1-13(22(25)26)8-16-9-15-11-24-12-20(21(15)27-16)19-7-6-14(10-23)17-4-2-3-5-18(17)19/h2-7,9,11-13H,8H2,1H3,(H,25,26). The molecule has 2 aromatic heterocycles. The number of benzene rings is 2. The molecule has 0 aliphatic carbocycles. The van der Waals surface area contributed by atoms with Crippen LogP contribution in [-0.4, -0.2) is 16.1 Å². The zero-order valence-corrected chi connectivity index (χ0v) is 15.5. The van der Waals surface area contributed by atoms with Crippen LogP contribution in [-0.2, 0) is 11.2 Å². The minimum absolute atomic E-state index is 0.426. The van der Waals surface area contributed by atoms with E-state index in [2.05, 4.69) is 11.1 Å². The highest BCUT2D eigenvalue weighted by atomic mass is 32.1. The molecule has 2 aromatic carbocycles. The number of pyridine rings is 1. The van der Waals surface area contributed by atoms with Gasteiger partial charge in [0.15, 0.2) is 0 Å². The second-order valence-corrected chi connectivity index (χ2v) is 7.72. The van der Waals surface area contributed by atoms with E-state index in [1.54, 1.807) is 18.3 Å². The van der Waals surface area contributed by atoms with Gasteiger partial charge in [0.2, 0.25) is 0 Å². The second kappa shape index (κ2) is 6.82. The van der Waals surface area contributed by atoms with Crippen LogP contribution in [0.3, 0.4) is 0 Å². The lowest BCUT2D eigenvalue weighted by atomic mass is 9.96. The zero-order valence-electron chi connectivity index (χ0n) is 14.6. The first-order valence-corrected chi connectivity index (χ1v) is 9.41. The lowest BCUT2D eigenvalue weighted by Crippen LogP contribution is -2.11. The second-order valence-electron chi connectivity index (χ2n) is 6.58. The van der Waals surface area contributed by atoms with Gasteiger partial charge in [-0.2, -0.15) is 5.26 Å². The van der Waals surface area contributed by atoms with E-state index >= 15 is 0 Å². The molecule has 27 heavy (non-hydrogen) atoms. The Bertz CT molecular complexity index is 1220. The minimum atomic E-state index is -0.788. The van der Waals surface area contributed by atoms with Crippen LogP contribution in [0.1, 0.15) is 17.4 Å². The first-order chi connectivity index (χ1) is 13.1. The third kappa shape index (κ3) is 3.05. The number of hydrogen-bond acceptors (Lipinski definition) is 4. The number of carbonyl (C=O) groups is 1. The first-order valence-electron chi connectivity index (χ1n) is 8.60. The van der Waals surface area contributed by atoms with Gasteiger partial charge >= 0.3 is 5.97 Å². The van der Waals surface area contributed by atoms with Gasteiger partial charge in [-0.25, -0.2) is 0 Å². The topological polar surface area (TPSA) is 74.0 Å². The predicted octanol–water partition coefficient (Wildman–Crippen LogP) is 5.25. The van der Waals surface area contributed by atoms with Crippen molar-refractivity contribution in [3.63, 3.8) is 0 Å². The number of carboxylic acids is 1. The Labute approximate surface area is 160 Å². The normalized spacial score (nSPS) is 12.1. The molecule has 0 aliphatic heterocycles. The summed E-state index contributed by atoms with van der Waals surface area (Å²) in [6.07, 6.45) is 4.16. The summed E-state index contributed by atoms with van der Waals surface area (Å²) in [5, 5.41) is 21.5. The molecule has 0 fully saturated rings. The summed E-state index contributed by atoms with van der Waals surface area (Å²) in [5.74, 6) is -1.21. The molecule has 0 saturated heterocycles. The van der Waals surface area contributed by atoms with Crippen molar-refractivity contribution in [3.8, 4) is 17.2 Å². The van der Waals surface area contributed by atoms with Crippen LogP contribution in [0.25, 0.3) is 32.0 Å². The highest BCUT2D eigenvalue weighted by molar-refractivity contribution is 7.19. The Hall–Kier alpha value is -3.23. The Morgan fingerprint density at radius 2 is 1.96 bits per heavy atom. The lowest BCUT2D eigenvalue weighted by Gasteiger charge is -2.09. The number of carboxylic acid groups (broad SMARTS) is 1. The van der Waals surface area contributed by atoms with Gasteiger partial charge in [0.05, 0.1) is 17.6 Å². The molecule has 0 saturated carbocycles. The minimum Gasteiger partial charge on any atom is -0.481 e. The van der Waals surface area contributed by atoms with E-state index < -0.39 is 11.9 Å². The van der Waals surface area contributed by atoms with Gasteiger partial charge in [0, 0.05) is 38.3 Å². The smallest absolute Gasteiger partial charge is 0.306 e. The fourth-order valence-electron chi connectivity index (χ4n) is 3.33. The van der Waals surface area contributed by atoms with Gasteiger partial charge in [-0.3, -0.25) is 9.78 Å². The third-order valence-electron chi connectivity index (χ3n) is 4.74. The number of nitrogens with zero attached hydrogens (tertiary/aromatic N) is 2. The molecule has 2 heterocycles. The molecule has 1 N–H and O–H groups in total. The van der Waals surface area contributed by atoms with Crippen LogP contribution < -0.4 is 0 Å². The quantitative estimate of drug-likeness (QED) is 0.531. The van der Waals surface area contributed by atoms with E-state index in [-0.39, 0.29) is 0 Å². The number of aliphatic carboxylic acids is 1. The Kier molecular flexibility index (Phi) is 4.35. The number of fused-ring (bicyclic) bond motifs is 2. The van der Waals surface area contributed by atoms with Crippen LogP contribution in [0.5, 0.6) is 0 Å². The summed E-state index contributed by atoms with van der Waals surface area (Å²) in [7, 11) is 0. The molecule has 132 valence electrons. The Balaban J connectivity index is 1.90. The predicted molar refractivity (Wildman–Crippen MR) is 108 cm³/mol. The number of thiophene rings is 1. The Morgan fingerprint density at radius 3 is 2.70 bits per heavy atom. The van der Waals surface area contributed by atoms with Crippen LogP contribution in [0, 0.1) is 17.2 Å². The van der Waals surface area contributed by atoms with Gasteiger partial charge in [-0.1, -0.05) is 37.3 Å². The van der Waals surface area contributed by atoms with Crippen molar-refractivity contribution in [1.29, 1.82) is 5.26 Å². The van der Waals surface area contributed by atoms with Crippen molar-refractivity contribution in [1.82, 2.24) is 4.98 Å². The zero-order chi connectivity index (χ0) is 19.0. The highest BCUT2D eigenvalue weighted by Gasteiger charge is 2.16. The fourth-order valence-corrected chi connectivity index (χ4v) is 4.61. The molecule has 4 aromatic rings. The summed E-state index contributed by atoms with van der Waals surface area (Å²) in [4.78, 5) is 16.6. The van der Waals surface area contributed by atoms with Crippen LogP contribution in [0.15, 0.2) is 54.9 Å². The highest BCUT2D eigenvalue weighted by Crippen LogP contribution is 2.38. The van der Waals surface area contributed by atoms with E-state index in [0.29, 0.717) is 12.0 Å². The molecule has 0 bridgehead atoms. The number of nitriles is 1. The summed E-state index contributed by atoms with van der Waals surface area (Å²) < 4.78 is 1.09. The lowest BCUT2D eigenvalue weighted by molar-refractivity contribution is -0.141. The van der Waals surface area contributed by atoms with Crippen molar-refractivity contribution in [2.75, 3.05) is 0 Å². The molecular weight excluding hydrogens is 356 g/mol. The maximum atomic E-state index is 11.2. The molecule has 1 atom stereocenters. The molecule has 0 radical (unpaired) electrons. The van der Waals surface area contributed by atoms with E-state index in [4.69, 9.17) is 0 Å². The molecular formula is C22H16N2O2S. The van der Waals surface area contributed by atoms with Gasteiger partial charge in [-0.15, -0.1) is 11.3 Å². The van der Waals surface area contributed by atoms with E-state index in [0.717, 1.165) is 36.9 Å². The van der Waals surface area contributed by atoms with Crippen molar-refractivity contribution >= 4 is 38.2 Å². The van der Waals surface area contributed by atoms with Gasteiger partial charge in [-0.05, 0) is 29.5 Å². The largest absolute Gasteiger partial charge is 0.481 e. The average Bonchev–Trinajstić information content (AvgIpc) is 3.09. The Morgan fingerprint density at radius 1 is 1.19 bits per heavy atom. The van der Waals surface area contributed by atoms with Crippen LogP contribution in [0.4, 0.5) is 0 Å². The molecule has 4 rings (SSSR count). The van der Waals surface area contributed by atoms with Gasteiger partial charge in [0.25, 0.3) is 0 Å². The molecule has 0 amide bonds. The molecule has 0 spiro atoms. The van der Waals surface area contributed by atoms with Crippen molar-refractivity contribution in [3.05, 3.63) is 65.3 Å². The molecule has 5 heteroatoms. The van der Waals surface area contributed by atoms with E-state index in [1.165, 1.54) is 0 Å². The maximum absolute atomic E-state index is 11.2. The number of rotatable bonds is 4. The number of aromatic nitrogens is 1. The molecule has 4 nitrogen and oxygen atoms in total. The van der Waals surface area contributed by atoms with E-state index in [9.17, 15) is 15.2 Å². The monoisotopic (exact) mass is 372 g/mol.